The Kier molecular flexibility index (Phi) is 3.46. The predicted molar refractivity (Wildman–Crippen MR) is 73.0 cm³/mol. The van der Waals surface area contributed by atoms with Crippen molar-refractivity contribution in [1.29, 1.82) is 0 Å². The fourth-order valence-electron chi connectivity index (χ4n) is 3.22. The molecule has 2 atom stereocenters. The first-order valence-corrected chi connectivity index (χ1v) is 6.73. The Bertz CT molecular complexity index is 406. The van der Waals surface area contributed by atoms with Crippen molar-refractivity contribution in [3.63, 3.8) is 0 Å². The van der Waals surface area contributed by atoms with Crippen molar-refractivity contribution >= 4 is 0 Å². The monoisotopic (exact) mass is 232 g/mol. The molecule has 0 amide bonds. The van der Waals surface area contributed by atoms with Gasteiger partial charge in [0.2, 0.25) is 0 Å². The zero-order chi connectivity index (χ0) is 12.6. The van der Waals surface area contributed by atoms with Crippen LogP contribution in [-0.4, -0.2) is 7.11 Å². The predicted octanol–water partition coefficient (Wildman–Crippen LogP) is 4.64. The van der Waals surface area contributed by atoms with E-state index in [4.69, 9.17) is 4.74 Å². The fourth-order valence-corrected chi connectivity index (χ4v) is 3.22. The molecule has 0 radical (unpaired) electrons. The SMILES string of the molecule is COc1cc(C)cc2c1C(C)CCC2C(C)C. The van der Waals surface area contributed by atoms with E-state index in [1.165, 1.54) is 29.5 Å². The van der Waals surface area contributed by atoms with Crippen LogP contribution in [0.15, 0.2) is 12.1 Å². The van der Waals surface area contributed by atoms with E-state index < -0.39 is 0 Å². The van der Waals surface area contributed by atoms with Gasteiger partial charge in [0, 0.05) is 5.56 Å². The van der Waals surface area contributed by atoms with Gasteiger partial charge in [0.05, 0.1) is 7.11 Å². The topological polar surface area (TPSA) is 9.23 Å². The van der Waals surface area contributed by atoms with E-state index in [1.54, 1.807) is 7.11 Å². The van der Waals surface area contributed by atoms with Crippen molar-refractivity contribution in [1.82, 2.24) is 0 Å². The molecule has 1 aliphatic rings. The molecule has 0 aliphatic heterocycles. The van der Waals surface area contributed by atoms with Crippen LogP contribution in [0.4, 0.5) is 0 Å². The quantitative estimate of drug-likeness (QED) is 0.721. The summed E-state index contributed by atoms with van der Waals surface area (Å²) in [6, 6.07) is 4.55. The average Bonchev–Trinajstić information content (AvgIpc) is 2.27. The van der Waals surface area contributed by atoms with Crippen LogP contribution >= 0.6 is 0 Å². The van der Waals surface area contributed by atoms with Crippen LogP contribution in [0.5, 0.6) is 5.75 Å². The summed E-state index contributed by atoms with van der Waals surface area (Å²) in [6.07, 6.45) is 2.60. The van der Waals surface area contributed by atoms with Crippen LogP contribution in [0.25, 0.3) is 0 Å². The van der Waals surface area contributed by atoms with Crippen LogP contribution < -0.4 is 4.74 Å². The summed E-state index contributed by atoms with van der Waals surface area (Å²) in [5.41, 5.74) is 4.32. The van der Waals surface area contributed by atoms with E-state index in [-0.39, 0.29) is 0 Å². The summed E-state index contributed by atoms with van der Waals surface area (Å²) in [6.45, 7) is 9.16. The minimum Gasteiger partial charge on any atom is -0.496 e. The lowest BCUT2D eigenvalue weighted by atomic mass is 9.72. The van der Waals surface area contributed by atoms with E-state index in [2.05, 4.69) is 39.8 Å². The second-order valence-electron chi connectivity index (χ2n) is 5.80. The van der Waals surface area contributed by atoms with Crippen molar-refractivity contribution in [2.75, 3.05) is 7.11 Å². The highest BCUT2D eigenvalue weighted by Crippen LogP contribution is 2.46. The van der Waals surface area contributed by atoms with Gasteiger partial charge < -0.3 is 4.74 Å². The summed E-state index contributed by atoms with van der Waals surface area (Å²) >= 11 is 0. The van der Waals surface area contributed by atoms with Gasteiger partial charge in [-0.25, -0.2) is 0 Å². The highest BCUT2D eigenvalue weighted by molar-refractivity contribution is 5.48. The van der Waals surface area contributed by atoms with Crippen LogP contribution in [0.1, 0.15) is 62.1 Å². The second-order valence-corrected chi connectivity index (χ2v) is 5.80. The Morgan fingerprint density at radius 2 is 1.94 bits per heavy atom. The Labute approximate surface area is 105 Å². The number of methoxy groups -OCH3 is 1. The average molecular weight is 232 g/mol. The smallest absolute Gasteiger partial charge is 0.122 e. The third kappa shape index (κ3) is 2.20. The zero-order valence-corrected chi connectivity index (χ0v) is 11.7. The number of rotatable bonds is 2. The lowest BCUT2D eigenvalue weighted by Gasteiger charge is -2.33. The van der Waals surface area contributed by atoms with Crippen LogP contribution in [-0.2, 0) is 0 Å². The minimum absolute atomic E-state index is 0.635. The summed E-state index contributed by atoms with van der Waals surface area (Å²) < 4.78 is 5.59. The molecule has 17 heavy (non-hydrogen) atoms. The molecule has 2 unspecified atom stereocenters. The van der Waals surface area contributed by atoms with Gasteiger partial charge in [0.1, 0.15) is 5.75 Å². The second kappa shape index (κ2) is 4.72. The van der Waals surface area contributed by atoms with E-state index in [0.717, 1.165) is 5.75 Å². The maximum Gasteiger partial charge on any atom is 0.122 e. The van der Waals surface area contributed by atoms with E-state index >= 15 is 0 Å². The lowest BCUT2D eigenvalue weighted by molar-refractivity contribution is 0.375. The van der Waals surface area contributed by atoms with Crippen molar-refractivity contribution in [2.45, 2.75) is 52.4 Å². The normalized spacial score (nSPS) is 23.6. The molecule has 1 nitrogen and oxygen atoms in total. The first-order chi connectivity index (χ1) is 8.04. The van der Waals surface area contributed by atoms with Gasteiger partial charge in [-0.1, -0.05) is 26.8 Å². The molecule has 1 heteroatoms. The van der Waals surface area contributed by atoms with Crippen molar-refractivity contribution in [2.24, 2.45) is 5.92 Å². The number of benzene rings is 1. The van der Waals surface area contributed by atoms with Crippen LogP contribution in [0.3, 0.4) is 0 Å². The Hall–Kier alpha value is -0.980. The highest BCUT2D eigenvalue weighted by Gasteiger charge is 2.29. The summed E-state index contributed by atoms with van der Waals surface area (Å²) in [4.78, 5) is 0. The van der Waals surface area contributed by atoms with Crippen molar-refractivity contribution in [3.05, 3.63) is 28.8 Å². The first-order valence-electron chi connectivity index (χ1n) is 6.73. The number of fused-ring (bicyclic) bond motifs is 1. The van der Waals surface area contributed by atoms with Gasteiger partial charge in [-0.3, -0.25) is 0 Å². The van der Waals surface area contributed by atoms with Gasteiger partial charge in [-0.15, -0.1) is 0 Å². The molecule has 94 valence electrons. The number of hydrogen-bond acceptors (Lipinski definition) is 1. The first kappa shape index (κ1) is 12.5. The number of ether oxygens (including phenoxy) is 1. The molecule has 0 bridgehead atoms. The molecule has 2 rings (SSSR count). The molecule has 0 N–H and O–H groups in total. The number of hydrogen-bond donors (Lipinski definition) is 0. The molecule has 0 spiro atoms. The van der Waals surface area contributed by atoms with Crippen molar-refractivity contribution < 1.29 is 4.74 Å². The van der Waals surface area contributed by atoms with E-state index in [0.29, 0.717) is 17.8 Å². The molecule has 0 saturated heterocycles. The Morgan fingerprint density at radius 1 is 1.24 bits per heavy atom. The third-order valence-corrected chi connectivity index (χ3v) is 4.15. The van der Waals surface area contributed by atoms with Gasteiger partial charge in [-0.2, -0.15) is 0 Å². The molecule has 1 aliphatic carbocycles. The molecule has 0 heterocycles. The van der Waals surface area contributed by atoms with E-state index in [1.807, 2.05) is 0 Å². The maximum absolute atomic E-state index is 5.59. The minimum atomic E-state index is 0.635. The Balaban J connectivity index is 2.58. The highest BCUT2D eigenvalue weighted by atomic mass is 16.5. The molecule has 0 fully saturated rings. The zero-order valence-electron chi connectivity index (χ0n) is 11.7. The van der Waals surface area contributed by atoms with Crippen molar-refractivity contribution in [3.8, 4) is 5.75 Å². The fraction of sp³-hybridized carbons (Fsp3) is 0.625. The summed E-state index contributed by atoms with van der Waals surface area (Å²) in [7, 11) is 1.79. The van der Waals surface area contributed by atoms with Gasteiger partial charge in [0.15, 0.2) is 0 Å². The largest absolute Gasteiger partial charge is 0.496 e. The number of aryl methyl sites for hydroxylation is 1. The van der Waals surface area contributed by atoms with Gasteiger partial charge in [-0.05, 0) is 54.7 Å². The molecule has 1 aromatic carbocycles. The lowest BCUT2D eigenvalue weighted by Crippen LogP contribution is -2.18. The third-order valence-electron chi connectivity index (χ3n) is 4.15. The molecule has 1 aromatic rings. The molecule has 0 aromatic heterocycles. The molecular weight excluding hydrogens is 208 g/mol. The summed E-state index contributed by atoms with van der Waals surface area (Å²) in [5.74, 6) is 3.15. The standard InChI is InChI=1S/C16H24O/c1-10(2)13-7-6-12(4)16-14(13)8-11(3)9-15(16)17-5/h8-10,12-13H,6-7H2,1-5H3. The van der Waals surface area contributed by atoms with Crippen LogP contribution in [0, 0.1) is 12.8 Å². The van der Waals surface area contributed by atoms with E-state index in [9.17, 15) is 0 Å². The van der Waals surface area contributed by atoms with Gasteiger partial charge >= 0.3 is 0 Å². The van der Waals surface area contributed by atoms with Crippen LogP contribution in [0.2, 0.25) is 0 Å². The molecule has 0 saturated carbocycles. The molecular formula is C16H24O. The van der Waals surface area contributed by atoms with Gasteiger partial charge in [0.25, 0.3) is 0 Å². The summed E-state index contributed by atoms with van der Waals surface area (Å²) in [5, 5.41) is 0. The Morgan fingerprint density at radius 3 is 2.53 bits per heavy atom. The maximum atomic E-state index is 5.59.